The standard InChI is InChI=1S/C14H14FNO/c1-10-4-2-7-13(16-10)14(17)9-11-5-3-6-12(15)8-11/h2-8,14,17H,9H2,1H3. The molecule has 0 spiro atoms. The van der Waals surface area contributed by atoms with E-state index >= 15 is 0 Å². The van der Waals surface area contributed by atoms with Gasteiger partial charge in [0.15, 0.2) is 0 Å². The van der Waals surface area contributed by atoms with Gasteiger partial charge < -0.3 is 5.11 Å². The van der Waals surface area contributed by atoms with Crippen LogP contribution in [0.5, 0.6) is 0 Å². The first-order valence-corrected chi connectivity index (χ1v) is 5.51. The van der Waals surface area contributed by atoms with Crippen molar-refractivity contribution in [3.63, 3.8) is 0 Å². The topological polar surface area (TPSA) is 33.1 Å². The van der Waals surface area contributed by atoms with E-state index in [2.05, 4.69) is 4.98 Å². The first-order chi connectivity index (χ1) is 8.15. The third-order valence-electron chi connectivity index (χ3n) is 2.57. The fourth-order valence-corrected chi connectivity index (χ4v) is 1.74. The Balaban J connectivity index is 2.14. The van der Waals surface area contributed by atoms with Gasteiger partial charge in [0, 0.05) is 12.1 Å². The summed E-state index contributed by atoms with van der Waals surface area (Å²) in [6.45, 7) is 1.87. The average molecular weight is 231 g/mol. The van der Waals surface area contributed by atoms with Crippen molar-refractivity contribution in [3.05, 3.63) is 65.2 Å². The monoisotopic (exact) mass is 231 g/mol. The average Bonchev–Trinajstić information content (AvgIpc) is 2.29. The van der Waals surface area contributed by atoms with E-state index in [-0.39, 0.29) is 5.82 Å². The number of aryl methyl sites for hydroxylation is 1. The Morgan fingerprint density at radius 3 is 2.71 bits per heavy atom. The van der Waals surface area contributed by atoms with E-state index in [0.717, 1.165) is 11.3 Å². The van der Waals surface area contributed by atoms with Gasteiger partial charge in [-0.15, -0.1) is 0 Å². The molecule has 0 aliphatic carbocycles. The molecule has 2 aromatic rings. The summed E-state index contributed by atoms with van der Waals surface area (Å²) in [5.41, 5.74) is 2.25. The normalized spacial score (nSPS) is 12.4. The number of hydrogen-bond acceptors (Lipinski definition) is 2. The van der Waals surface area contributed by atoms with Crippen LogP contribution in [0.4, 0.5) is 4.39 Å². The van der Waals surface area contributed by atoms with Crippen molar-refractivity contribution < 1.29 is 9.50 Å². The molecule has 88 valence electrons. The van der Waals surface area contributed by atoms with Gasteiger partial charge in [-0.3, -0.25) is 4.98 Å². The van der Waals surface area contributed by atoms with Crippen LogP contribution in [0.15, 0.2) is 42.5 Å². The minimum atomic E-state index is -0.698. The van der Waals surface area contributed by atoms with Crippen molar-refractivity contribution in [1.29, 1.82) is 0 Å². The number of rotatable bonds is 3. The summed E-state index contributed by atoms with van der Waals surface area (Å²) < 4.78 is 13.0. The van der Waals surface area contributed by atoms with Crippen LogP contribution < -0.4 is 0 Å². The molecular weight excluding hydrogens is 217 g/mol. The highest BCUT2D eigenvalue weighted by Crippen LogP contribution is 2.17. The second kappa shape index (κ2) is 5.06. The Morgan fingerprint density at radius 1 is 1.24 bits per heavy atom. The van der Waals surface area contributed by atoms with E-state index in [1.54, 1.807) is 18.2 Å². The Bertz CT molecular complexity index is 513. The molecule has 1 unspecified atom stereocenters. The van der Waals surface area contributed by atoms with Crippen molar-refractivity contribution in [3.8, 4) is 0 Å². The molecular formula is C14H14FNO. The van der Waals surface area contributed by atoms with Crippen LogP contribution in [0.1, 0.15) is 23.1 Å². The van der Waals surface area contributed by atoms with Gasteiger partial charge in [-0.2, -0.15) is 0 Å². The first kappa shape index (κ1) is 11.7. The summed E-state index contributed by atoms with van der Waals surface area (Å²) in [5, 5.41) is 10.0. The van der Waals surface area contributed by atoms with Crippen molar-refractivity contribution in [1.82, 2.24) is 4.98 Å². The van der Waals surface area contributed by atoms with E-state index in [1.165, 1.54) is 12.1 Å². The van der Waals surface area contributed by atoms with E-state index in [0.29, 0.717) is 12.1 Å². The van der Waals surface area contributed by atoms with Gasteiger partial charge in [0.1, 0.15) is 5.82 Å². The fraction of sp³-hybridized carbons (Fsp3) is 0.214. The maximum atomic E-state index is 13.0. The minimum absolute atomic E-state index is 0.285. The maximum absolute atomic E-state index is 13.0. The smallest absolute Gasteiger partial charge is 0.123 e. The van der Waals surface area contributed by atoms with Crippen LogP contribution in [0.2, 0.25) is 0 Å². The van der Waals surface area contributed by atoms with Gasteiger partial charge in [-0.25, -0.2) is 4.39 Å². The lowest BCUT2D eigenvalue weighted by Gasteiger charge is -2.10. The Labute approximate surface area is 99.8 Å². The largest absolute Gasteiger partial charge is 0.386 e. The van der Waals surface area contributed by atoms with Crippen LogP contribution in [0.25, 0.3) is 0 Å². The predicted molar refractivity (Wildman–Crippen MR) is 64.0 cm³/mol. The molecule has 1 N–H and O–H groups in total. The van der Waals surface area contributed by atoms with Crippen LogP contribution in [-0.4, -0.2) is 10.1 Å². The first-order valence-electron chi connectivity index (χ1n) is 5.51. The summed E-state index contributed by atoms with van der Waals surface area (Å²) in [4.78, 5) is 4.25. The highest BCUT2D eigenvalue weighted by molar-refractivity contribution is 5.20. The third-order valence-corrected chi connectivity index (χ3v) is 2.57. The van der Waals surface area contributed by atoms with Crippen molar-refractivity contribution in [2.24, 2.45) is 0 Å². The van der Waals surface area contributed by atoms with E-state index in [9.17, 15) is 9.50 Å². The lowest BCUT2D eigenvalue weighted by molar-refractivity contribution is 0.173. The highest BCUT2D eigenvalue weighted by atomic mass is 19.1. The number of aliphatic hydroxyl groups is 1. The highest BCUT2D eigenvalue weighted by Gasteiger charge is 2.10. The SMILES string of the molecule is Cc1cccc(C(O)Cc2cccc(F)c2)n1. The van der Waals surface area contributed by atoms with Gasteiger partial charge in [-0.1, -0.05) is 18.2 Å². The van der Waals surface area contributed by atoms with Gasteiger partial charge in [0.25, 0.3) is 0 Å². The molecule has 2 rings (SSSR count). The Morgan fingerprint density at radius 2 is 2.00 bits per heavy atom. The molecule has 0 amide bonds. The van der Waals surface area contributed by atoms with Gasteiger partial charge in [0.05, 0.1) is 11.8 Å². The summed E-state index contributed by atoms with van der Waals surface area (Å²) in [7, 11) is 0. The van der Waals surface area contributed by atoms with Crippen LogP contribution >= 0.6 is 0 Å². The summed E-state index contributed by atoms with van der Waals surface area (Å²) >= 11 is 0. The molecule has 0 radical (unpaired) electrons. The summed E-state index contributed by atoms with van der Waals surface area (Å²) in [6, 6.07) is 11.8. The lowest BCUT2D eigenvalue weighted by atomic mass is 10.0. The van der Waals surface area contributed by atoms with Gasteiger partial charge in [-0.05, 0) is 36.8 Å². The molecule has 1 heterocycles. The molecule has 0 aliphatic rings. The molecule has 0 aliphatic heterocycles. The van der Waals surface area contributed by atoms with Gasteiger partial charge >= 0.3 is 0 Å². The molecule has 1 aromatic heterocycles. The maximum Gasteiger partial charge on any atom is 0.123 e. The summed E-state index contributed by atoms with van der Waals surface area (Å²) in [6.07, 6.45) is -0.328. The molecule has 0 bridgehead atoms. The third kappa shape index (κ3) is 3.11. The van der Waals surface area contributed by atoms with Crippen LogP contribution in [0.3, 0.4) is 0 Å². The fourth-order valence-electron chi connectivity index (χ4n) is 1.74. The molecule has 3 heteroatoms. The number of aromatic nitrogens is 1. The molecule has 17 heavy (non-hydrogen) atoms. The van der Waals surface area contributed by atoms with Crippen LogP contribution in [-0.2, 0) is 6.42 Å². The minimum Gasteiger partial charge on any atom is -0.386 e. The number of hydrogen-bond donors (Lipinski definition) is 1. The van der Waals surface area contributed by atoms with Gasteiger partial charge in [0.2, 0.25) is 0 Å². The van der Waals surface area contributed by atoms with E-state index < -0.39 is 6.10 Å². The van der Waals surface area contributed by atoms with E-state index in [1.807, 2.05) is 19.1 Å². The number of halogens is 1. The van der Waals surface area contributed by atoms with Crippen molar-refractivity contribution in [2.75, 3.05) is 0 Å². The zero-order chi connectivity index (χ0) is 12.3. The molecule has 0 fully saturated rings. The quantitative estimate of drug-likeness (QED) is 0.881. The van der Waals surface area contributed by atoms with Crippen molar-refractivity contribution >= 4 is 0 Å². The summed E-state index contributed by atoms with van der Waals surface area (Å²) in [5.74, 6) is -0.285. The van der Waals surface area contributed by atoms with Crippen LogP contribution in [0, 0.1) is 12.7 Å². The Hall–Kier alpha value is -1.74. The van der Waals surface area contributed by atoms with E-state index in [4.69, 9.17) is 0 Å². The second-order valence-electron chi connectivity index (χ2n) is 4.05. The number of pyridine rings is 1. The predicted octanol–water partition coefficient (Wildman–Crippen LogP) is 2.81. The number of aliphatic hydroxyl groups excluding tert-OH is 1. The zero-order valence-electron chi connectivity index (χ0n) is 9.60. The molecule has 0 saturated carbocycles. The number of nitrogens with zero attached hydrogens (tertiary/aromatic N) is 1. The molecule has 2 nitrogen and oxygen atoms in total. The van der Waals surface area contributed by atoms with Crippen molar-refractivity contribution in [2.45, 2.75) is 19.4 Å². The number of benzene rings is 1. The molecule has 0 saturated heterocycles. The lowest BCUT2D eigenvalue weighted by Crippen LogP contribution is -2.05. The molecule has 1 aromatic carbocycles. The molecule has 1 atom stereocenters. The zero-order valence-corrected chi connectivity index (χ0v) is 9.60. The second-order valence-corrected chi connectivity index (χ2v) is 4.05. The Kier molecular flexibility index (Phi) is 3.49.